The van der Waals surface area contributed by atoms with Gasteiger partial charge < -0.3 is 21.7 Å². The normalized spacial score (nSPS) is 21.6. The molecule has 0 aliphatic heterocycles. The van der Waals surface area contributed by atoms with E-state index in [1.165, 1.54) is 19.3 Å². The molecule has 1 aromatic carbocycles. The van der Waals surface area contributed by atoms with Gasteiger partial charge in [0.25, 0.3) is 5.91 Å². The Labute approximate surface area is 194 Å². The van der Waals surface area contributed by atoms with Crippen LogP contribution in [-0.4, -0.2) is 38.6 Å². The summed E-state index contributed by atoms with van der Waals surface area (Å²) >= 11 is 0. The van der Waals surface area contributed by atoms with Gasteiger partial charge in [0.05, 0.1) is 5.69 Å². The van der Waals surface area contributed by atoms with Crippen molar-refractivity contribution in [3.05, 3.63) is 48.3 Å². The van der Waals surface area contributed by atoms with Crippen LogP contribution in [0, 0.1) is 0 Å². The number of carbonyl (C=O) groups excluding carboxylic acids is 1. The lowest BCUT2D eigenvalue weighted by Gasteiger charge is -2.27. The molecule has 0 bridgehead atoms. The Morgan fingerprint density at radius 2 is 1.73 bits per heavy atom. The molecule has 174 valence electrons. The van der Waals surface area contributed by atoms with Crippen molar-refractivity contribution in [1.29, 1.82) is 0 Å². The Morgan fingerprint density at radius 1 is 0.970 bits per heavy atom. The van der Waals surface area contributed by atoms with E-state index in [4.69, 9.17) is 5.73 Å². The fraction of sp³-hybridized carbons (Fsp3) is 0.480. The number of hydrogen-bond acceptors (Lipinski definition) is 6. The molecule has 1 amide bonds. The first-order valence-electron chi connectivity index (χ1n) is 12.2. The molecule has 0 unspecified atom stereocenters. The van der Waals surface area contributed by atoms with Gasteiger partial charge in [-0.15, -0.1) is 5.10 Å². The number of aromatic nitrogens is 3. The first-order chi connectivity index (χ1) is 16.1. The van der Waals surface area contributed by atoms with Gasteiger partial charge in [0.1, 0.15) is 5.82 Å². The van der Waals surface area contributed by atoms with Crippen molar-refractivity contribution >= 4 is 28.7 Å². The second-order valence-corrected chi connectivity index (χ2v) is 9.41. The molecule has 0 saturated heterocycles. The number of anilines is 3. The molecule has 8 nitrogen and oxygen atoms in total. The number of rotatable bonds is 6. The van der Waals surface area contributed by atoms with Crippen LogP contribution in [0.15, 0.2) is 42.7 Å². The Balaban J connectivity index is 1.28. The number of nitrogens with zero attached hydrogens (tertiary/aromatic N) is 3. The average molecular weight is 448 g/mol. The number of nitrogens with two attached hydrogens (primary N) is 1. The van der Waals surface area contributed by atoms with Crippen LogP contribution in [0.3, 0.4) is 0 Å². The first kappa shape index (κ1) is 21.7. The quantitative estimate of drug-likeness (QED) is 0.450. The first-order valence-corrected chi connectivity index (χ1v) is 12.2. The van der Waals surface area contributed by atoms with Gasteiger partial charge in [-0.05, 0) is 62.8 Å². The number of nitrogens with one attached hydrogen (secondary N) is 3. The standard InChI is InChI=1S/C25H33N7O/c26-18-8-12-21(13-9-18)29-23-16-22(24-27-14-15-32(24)31-23)28-20-10-6-17(7-11-20)25(33)30-19-4-2-1-3-5-19/h6-7,10-11,14-16,18-19,21,28H,1-5,8-9,12-13,26H2,(H,29,31)(H,30,33)/t18-,21-. The molecule has 8 heteroatoms. The highest BCUT2D eigenvalue weighted by molar-refractivity contribution is 5.94. The lowest BCUT2D eigenvalue weighted by molar-refractivity contribution is 0.0927. The molecule has 2 saturated carbocycles. The van der Waals surface area contributed by atoms with E-state index < -0.39 is 0 Å². The molecule has 5 rings (SSSR count). The Hall–Kier alpha value is -3.13. The summed E-state index contributed by atoms with van der Waals surface area (Å²) in [5.74, 6) is 0.818. The van der Waals surface area contributed by atoms with Crippen LogP contribution in [-0.2, 0) is 0 Å². The molecule has 2 fully saturated rings. The summed E-state index contributed by atoms with van der Waals surface area (Å²) in [6, 6.07) is 10.6. The number of hydrogen-bond donors (Lipinski definition) is 4. The zero-order valence-corrected chi connectivity index (χ0v) is 19.0. The van der Waals surface area contributed by atoms with E-state index in [2.05, 4.69) is 26.0 Å². The number of amides is 1. The number of imidazole rings is 1. The van der Waals surface area contributed by atoms with Gasteiger partial charge in [-0.25, -0.2) is 9.50 Å². The molecule has 2 aromatic heterocycles. The van der Waals surface area contributed by atoms with Crippen molar-refractivity contribution in [2.45, 2.75) is 75.9 Å². The average Bonchev–Trinajstić information content (AvgIpc) is 3.31. The van der Waals surface area contributed by atoms with Gasteiger partial charge in [-0.2, -0.15) is 0 Å². The predicted octanol–water partition coefficient (Wildman–Crippen LogP) is 4.22. The highest BCUT2D eigenvalue weighted by Gasteiger charge is 2.20. The fourth-order valence-corrected chi connectivity index (χ4v) is 4.93. The van der Waals surface area contributed by atoms with Crippen molar-refractivity contribution in [3.8, 4) is 0 Å². The lowest BCUT2D eigenvalue weighted by atomic mass is 9.92. The maximum Gasteiger partial charge on any atom is 0.251 e. The highest BCUT2D eigenvalue weighted by Crippen LogP contribution is 2.26. The van der Waals surface area contributed by atoms with E-state index in [0.29, 0.717) is 23.7 Å². The fourth-order valence-electron chi connectivity index (χ4n) is 4.93. The van der Waals surface area contributed by atoms with Gasteiger partial charge in [0.2, 0.25) is 0 Å². The monoisotopic (exact) mass is 447 g/mol. The molecule has 2 heterocycles. The van der Waals surface area contributed by atoms with Crippen LogP contribution in [0.25, 0.3) is 5.65 Å². The zero-order chi connectivity index (χ0) is 22.6. The van der Waals surface area contributed by atoms with Crippen LogP contribution < -0.4 is 21.7 Å². The van der Waals surface area contributed by atoms with Crippen molar-refractivity contribution in [1.82, 2.24) is 19.9 Å². The zero-order valence-electron chi connectivity index (χ0n) is 19.0. The SMILES string of the molecule is N[C@H]1CC[C@H](Nc2cc(Nc3ccc(C(=O)NC4CCCCC4)cc3)c3nccn3n2)CC1. The second-order valence-electron chi connectivity index (χ2n) is 9.41. The molecule has 0 radical (unpaired) electrons. The third-order valence-electron chi connectivity index (χ3n) is 6.85. The minimum absolute atomic E-state index is 0.00620. The number of benzene rings is 1. The highest BCUT2D eigenvalue weighted by atomic mass is 16.1. The minimum atomic E-state index is 0.00620. The molecule has 3 aromatic rings. The molecule has 0 spiro atoms. The summed E-state index contributed by atoms with van der Waals surface area (Å²) in [5, 5.41) is 14.9. The molecular weight excluding hydrogens is 414 g/mol. The second kappa shape index (κ2) is 9.79. The Bertz CT molecular complexity index is 1080. The summed E-state index contributed by atoms with van der Waals surface area (Å²) in [5.41, 5.74) is 9.25. The number of fused-ring (bicyclic) bond motifs is 1. The molecule has 2 aliphatic rings. The Kier molecular flexibility index (Phi) is 6.44. The molecular formula is C25H33N7O. The molecule has 2 aliphatic carbocycles. The number of carbonyl (C=O) groups is 1. The van der Waals surface area contributed by atoms with Gasteiger partial charge in [-0.1, -0.05) is 19.3 Å². The maximum absolute atomic E-state index is 12.6. The maximum atomic E-state index is 12.6. The van der Waals surface area contributed by atoms with E-state index >= 15 is 0 Å². The van der Waals surface area contributed by atoms with E-state index in [0.717, 1.165) is 61.4 Å². The van der Waals surface area contributed by atoms with Gasteiger partial charge in [0, 0.05) is 47.8 Å². The van der Waals surface area contributed by atoms with Crippen molar-refractivity contribution in [3.63, 3.8) is 0 Å². The molecule has 0 atom stereocenters. The molecule has 33 heavy (non-hydrogen) atoms. The summed E-state index contributed by atoms with van der Waals surface area (Å²) < 4.78 is 1.78. The Morgan fingerprint density at radius 3 is 2.48 bits per heavy atom. The van der Waals surface area contributed by atoms with E-state index in [9.17, 15) is 4.79 Å². The third-order valence-corrected chi connectivity index (χ3v) is 6.85. The summed E-state index contributed by atoms with van der Waals surface area (Å²) in [6.45, 7) is 0. The van der Waals surface area contributed by atoms with Crippen LogP contribution in [0.1, 0.15) is 68.1 Å². The molecule has 5 N–H and O–H groups in total. The third kappa shape index (κ3) is 5.27. The summed E-state index contributed by atoms with van der Waals surface area (Å²) in [4.78, 5) is 17.1. The van der Waals surface area contributed by atoms with Crippen LogP contribution in [0.5, 0.6) is 0 Å². The van der Waals surface area contributed by atoms with E-state index in [1.807, 2.05) is 36.5 Å². The van der Waals surface area contributed by atoms with Crippen molar-refractivity contribution in [2.24, 2.45) is 5.73 Å². The van der Waals surface area contributed by atoms with Gasteiger partial charge >= 0.3 is 0 Å². The van der Waals surface area contributed by atoms with Gasteiger partial charge in [-0.3, -0.25) is 4.79 Å². The van der Waals surface area contributed by atoms with Gasteiger partial charge in [0.15, 0.2) is 5.65 Å². The lowest BCUT2D eigenvalue weighted by Crippen LogP contribution is -2.36. The minimum Gasteiger partial charge on any atom is -0.366 e. The van der Waals surface area contributed by atoms with Crippen LogP contribution in [0.2, 0.25) is 0 Å². The van der Waals surface area contributed by atoms with E-state index in [1.54, 1.807) is 10.7 Å². The van der Waals surface area contributed by atoms with Crippen molar-refractivity contribution in [2.75, 3.05) is 10.6 Å². The largest absolute Gasteiger partial charge is 0.366 e. The summed E-state index contributed by atoms with van der Waals surface area (Å²) in [6.07, 6.45) is 13.6. The van der Waals surface area contributed by atoms with Crippen LogP contribution >= 0.6 is 0 Å². The summed E-state index contributed by atoms with van der Waals surface area (Å²) in [7, 11) is 0. The van der Waals surface area contributed by atoms with E-state index in [-0.39, 0.29) is 5.91 Å². The topological polar surface area (TPSA) is 109 Å². The predicted molar refractivity (Wildman–Crippen MR) is 131 cm³/mol. The van der Waals surface area contributed by atoms with Crippen LogP contribution in [0.4, 0.5) is 17.2 Å². The van der Waals surface area contributed by atoms with Crippen molar-refractivity contribution < 1.29 is 4.79 Å². The smallest absolute Gasteiger partial charge is 0.251 e.